The molecule has 3 rings (SSSR count). The SMILES string of the molecule is Cc1cc(C)n([Si](C)(Nc2c(C(C)C)cccc2C(C)C)n2nc(C)cc2C)n1. The van der Waals surface area contributed by atoms with Crippen molar-refractivity contribution in [3.8, 4) is 0 Å². The predicted molar refractivity (Wildman–Crippen MR) is 124 cm³/mol. The summed E-state index contributed by atoms with van der Waals surface area (Å²) in [5.41, 5.74) is 8.31. The normalized spacial score (nSPS) is 12.2. The summed E-state index contributed by atoms with van der Waals surface area (Å²) in [6, 6.07) is 11.0. The predicted octanol–water partition coefficient (Wildman–Crippen LogP) is 5.64. The monoisotopic (exact) mass is 409 g/mol. The number of aromatic nitrogens is 4. The van der Waals surface area contributed by atoms with E-state index in [4.69, 9.17) is 10.2 Å². The summed E-state index contributed by atoms with van der Waals surface area (Å²) in [6.45, 7) is 19.7. The number of nitrogens with one attached hydrogen (secondary N) is 1. The Morgan fingerprint density at radius 1 is 0.793 bits per heavy atom. The van der Waals surface area contributed by atoms with Crippen LogP contribution in [0.15, 0.2) is 30.3 Å². The van der Waals surface area contributed by atoms with Gasteiger partial charge in [0.05, 0.1) is 11.4 Å². The Balaban J connectivity index is 2.28. The zero-order chi connectivity index (χ0) is 21.5. The van der Waals surface area contributed by atoms with Crippen LogP contribution in [0.2, 0.25) is 6.55 Å². The Morgan fingerprint density at radius 3 is 1.52 bits per heavy atom. The highest BCUT2D eigenvalue weighted by molar-refractivity contribution is 6.78. The summed E-state index contributed by atoms with van der Waals surface area (Å²) in [6.07, 6.45) is 0. The molecule has 0 unspecified atom stereocenters. The molecule has 1 aromatic carbocycles. The molecular weight excluding hydrogens is 374 g/mol. The van der Waals surface area contributed by atoms with Crippen molar-refractivity contribution in [1.29, 1.82) is 0 Å². The minimum atomic E-state index is -2.58. The summed E-state index contributed by atoms with van der Waals surface area (Å²) in [7, 11) is -2.58. The van der Waals surface area contributed by atoms with Crippen LogP contribution in [0, 0.1) is 27.7 Å². The van der Waals surface area contributed by atoms with E-state index >= 15 is 0 Å². The van der Waals surface area contributed by atoms with Crippen molar-refractivity contribution in [3.63, 3.8) is 0 Å². The molecule has 1 N–H and O–H groups in total. The Kier molecular flexibility index (Phi) is 5.76. The lowest BCUT2D eigenvalue weighted by molar-refractivity contribution is 0.774. The van der Waals surface area contributed by atoms with Crippen molar-refractivity contribution >= 4 is 14.2 Å². The average Bonchev–Trinajstić information content (AvgIpc) is 3.15. The van der Waals surface area contributed by atoms with Gasteiger partial charge < -0.3 is 4.98 Å². The van der Waals surface area contributed by atoms with Gasteiger partial charge in [-0.15, -0.1) is 0 Å². The Bertz CT molecular complexity index is 940. The van der Waals surface area contributed by atoms with Crippen LogP contribution in [0.3, 0.4) is 0 Å². The third-order valence-corrected chi connectivity index (χ3v) is 8.86. The first kappa shape index (κ1) is 21.4. The maximum Gasteiger partial charge on any atom is 0.415 e. The maximum atomic E-state index is 4.91. The molecular formula is C23H35N5Si. The smallest absolute Gasteiger partial charge is 0.375 e. The molecule has 0 radical (unpaired) electrons. The topological polar surface area (TPSA) is 47.7 Å². The molecule has 0 aliphatic rings. The summed E-state index contributed by atoms with van der Waals surface area (Å²) in [4.78, 5) is 4.04. The molecule has 6 heteroatoms. The average molecular weight is 410 g/mol. The van der Waals surface area contributed by atoms with Crippen LogP contribution in [0.1, 0.15) is 73.4 Å². The fraction of sp³-hybridized carbons (Fsp3) is 0.478. The van der Waals surface area contributed by atoms with E-state index in [2.05, 4.69) is 106 Å². The molecule has 29 heavy (non-hydrogen) atoms. The van der Waals surface area contributed by atoms with Crippen LogP contribution in [0.5, 0.6) is 0 Å². The highest BCUT2D eigenvalue weighted by Gasteiger charge is 2.40. The summed E-state index contributed by atoms with van der Waals surface area (Å²) >= 11 is 0. The number of aryl methyl sites for hydroxylation is 4. The first-order valence-electron chi connectivity index (χ1n) is 10.5. The van der Waals surface area contributed by atoms with E-state index in [9.17, 15) is 0 Å². The number of anilines is 1. The summed E-state index contributed by atoms with van der Waals surface area (Å²) in [5, 5.41) is 9.82. The number of rotatable bonds is 6. The number of hydrogen-bond donors (Lipinski definition) is 1. The van der Waals surface area contributed by atoms with E-state index in [0.717, 1.165) is 22.8 Å². The minimum absolute atomic E-state index is 0.426. The first-order valence-corrected chi connectivity index (χ1v) is 12.9. The first-order chi connectivity index (χ1) is 13.5. The van der Waals surface area contributed by atoms with E-state index in [-0.39, 0.29) is 0 Å². The number of benzene rings is 1. The lowest BCUT2D eigenvalue weighted by Gasteiger charge is -2.34. The molecule has 0 atom stereocenters. The number of hydrogen-bond acceptors (Lipinski definition) is 3. The van der Waals surface area contributed by atoms with Crippen molar-refractivity contribution in [2.45, 2.75) is 73.8 Å². The molecule has 0 aliphatic heterocycles. The van der Waals surface area contributed by atoms with Gasteiger partial charge in [0, 0.05) is 17.1 Å². The fourth-order valence-corrected chi connectivity index (χ4v) is 7.63. The van der Waals surface area contributed by atoms with Gasteiger partial charge >= 0.3 is 8.56 Å². The van der Waals surface area contributed by atoms with Gasteiger partial charge in [-0.25, -0.2) is 0 Å². The zero-order valence-electron chi connectivity index (χ0n) is 19.3. The van der Waals surface area contributed by atoms with Gasteiger partial charge in [0.25, 0.3) is 0 Å². The second-order valence-electron chi connectivity index (χ2n) is 8.94. The van der Waals surface area contributed by atoms with Crippen molar-refractivity contribution in [2.75, 3.05) is 4.98 Å². The number of nitrogens with zero attached hydrogens (tertiary/aromatic N) is 4. The molecule has 2 aromatic heterocycles. The molecule has 0 saturated heterocycles. The Morgan fingerprint density at radius 2 is 1.21 bits per heavy atom. The summed E-state index contributed by atoms with van der Waals surface area (Å²) < 4.78 is 4.39. The second kappa shape index (κ2) is 7.82. The Hall–Kier alpha value is -2.34. The van der Waals surface area contributed by atoms with Gasteiger partial charge in [-0.05, 0) is 69.3 Å². The van der Waals surface area contributed by atoms with Crippen LogP contribution in [-0.4, -0.2) is 27.5 Å². The van der Waals surface area contributed by atoms with Crippen LogP contribution in [0.4, 0.5) is 5.69 Å². The van der Waals surface area contributed by atoms with Gasteiger partial charge in [0.1, 0.15) is 0 Å². The standard InChI is InChI=1S/C23H35N5Si/c1-15(2)21-11-10-12-22(16(3)4)23(21)26-29(9,27-19(7)13-17(5)24-27)28-20(8)14-18(6)25-28/h10-16,26H,1-9H3. The molecule has 0 aliphatic carbocycles. The van der Waals surface area contributed by atoms with Gasteiger partial charge in [0.15, 0.2) is 0 Å². The zero-order valence-corrected chi connectivity index (χ0v) is 20.3. The maximum absolute atomic E-state index is 4.91. The van der Waals surface area contributed by atoms with Crippen LogP contribution in [-0.2, 0) is 0 Å². The third kappa shape index (κ3) is 3.90. The van der Waals surface area contributed by atoms with Gasteiger partial charge in [0.2, 0.25) is 0 Å². The lowest BCUT2D eigenvalue weighted by atomic mass is 9.93. The fourth-order valence-electron chi connectivity index (χ4n) is 4.27. The summed E-state index contributed by atoms with van der Waals surface area (Å²) in [5.74, 6) is 0.853. The largest absolute Gasteiger partial charge is 0.415 e. The minimum Gasteiger partial charge on any atom is -0.375 e. The highest BCUT2D eigenvalue weighted by atomic mass is 28.4. The molecule has 0 spiro atoms. The molecule has 156 valence electrons. The molecule has 3 aromatic rings. The van der Waals surface area contributed by atoms with Gasteiger partial charge in [-0.1, -0.05) is 45.9 Å². The van der Waals surface area contributed by atoms with Gasteiger partial charge in [-0.3, -0.25) is 8.69 Å². The van der Waals surface area contributed by atoms with Crippen molar-refractivity contribution in [1.82, 2.24) is 18.9 Å². The Labute approximate surface area is 176 Å². The highest BCUT2D eigenvalue weighted by Crippen LogP contribution is 2.34. The lowest BCUT2D eigenvalue weighted by Crippen LogP contribution is -2.58. The van der Waals surface area contributed by atoms with Crippen molar-refractivity contribution in [3.05, 3.63) is 64.2 Å². The molecule has 0 saturated carbocycles. The second-order valence-corrected chi connectivity index (χ2v) is 12.1. The third-order valence-electron chi connectivity index (χ3n) is 5.58. The van der Waals surface area contributed by atoms with Crippen molar-refractivity contribution < 1.29 is 0 Å². The number of para-hydroxylation sites is 1. The molecule has 0 fully saturated rings. The van der Waals surface area contributed by atoms with E-state index in [1.165, 1.54) is 16.8 Å². The molecule has 0 bridgehead atoms. The van der Waals surface area contributed by atoms with E-state index < -0.39 is 8.56 Å². The quantitative estimate of drug-likeness (QED) is 0.536. The van der Waals surface area contributed by atoms with E-state index in [0.29, 0.717) is 11.8 Å². The van der Waals surface area contributed by atoms with E-state index in [1.807, 2.05) is 0 Å². The van der Waals surface area contributed by atoms with E-state index in [1.54, 1.807) is 0 Å². The van der Waals surface area contributed by atoms with Gasteiger partial charge in [-0.2, -0.15) is 10.2 Å². The van der Waals surface area contributed by atoms with Crippen LogP contribution in [0.25, 0.3) is 0 Å². The molecule has 0 amide bonds. The molecule has 5 nitrogen and oxygen atoms in total. The van der Waals surface area contributed by atoms with Crippen LogP contribution < -0.4 is 4.98 Å². The van der Waals surface area contributed by atoms with Crippen molar-refractivity contribution in [2.24, 2.45) is 0 Å². The molecule has 2 heterocycles. The van der Waals surface area contributed by atoms with Crippen LogP contribution >= 0.6 is 0 Å².